The van der Waals surface area contributed by atoms with Gasteiger partial charge in [-0.15, -0.1) is 0 Å². The van der Waals surface area contributed by atoms with Gasteiger partial charge in [-0.3, -0.25) is 4.57 Å². The highest BCUT2D eigenvalue weighted by molar-refractivity contribution is 5.78. The van der Waals surface area contributed by atoms with Crippen LogP contribution in [-0.2, 0) is 12.6 Å². The summed E-state index contributed by atoms with van der Waals surface area (Å²) in [5.74, 6) is 0.765. The van der Waals surface area contributed by atoms with Crippen LogP contribution < -0.4 is 11.1 Å². The fourth-order valence-corrected chi connectivity index (χ4v) is 3.07. The minimum atomic E-state index is -4.42. The van der Waals surface area contributed by atoms with Crippen molar-refractivity contribution >= 4 is 28.4 Å². The summed E-state index contributed by atoms with van der Waals surface area (Å²) in [7, 11) is 0. The van der Waals surface area contributed by atoms with Crippen LogP contribution in [0.1, 0.15) is 18.3 Å². The smallest absolute Gasteiger partial charge is 0.383 e. The van der Waals surface area contributed by atoms with Crippen molar-refractivity contribution in [1.29, 1.82) is 0 Å². The zero-order valence-corrected chi connectivity index (χ0v) is 15.7. The third kappa shape index (κ3) is 3.76. The Balaban J connectivity index is 1.74. The summed E-state index contributed by atoms with van der Waals surface area (Å²) in [6.07, 6.45) is -3.88. The molecule has 2 heterocycles. The van der Waals surface area contributed by atoms with Crippen LogP contribution in [-0.4, -0.2) is 19.5 Å². The van der Waals surface area contributed by atoms with E-state index in [1.54, 1.807) is 10.6 Å². The third-order valence-electron chi connectivity index (χ3n) is 4.42. The summed E-state index contributed by atoms with van der Waals surface area (Å²) >= 11 is 0. The number of nitrogen functional groups attached to an aromatic ring is 1. The van der Waals surface area contributed by atoms with E-state index < -0.39 is 17.6 Å². The number of nitrogens with one attached hydrogen (secondary N) is 1. The number of halogens is 4. The van der Waals surface area contributed by atoms with E-state index in [1.165, 1.54) is 30.3 Å². The van der Waals surface area contributed by atoms with E-state index in [0.29, 0.717) is 29.0 Å². The van der Waals surface area contributed by atoms with Gasteiger partial charge in [0.15, 0.2) is 0 Å². The maximum Gasteiger partial charge on any atom is 0.416 e. The summed E-state index contributed by atoms with van der Waals surface area (Å²) in [4.78, 5) is 13.1. The minimum absolute atomic E-state index is 0.134. The highest BCUT2D eigenvalue weighted by Gasteiger charge is 2.30. The summed E-state index contributed by atoms with van der Waals surface area (Å²) in [5, 5.41) is 2.92. The molecule has 0 atom stereocenters. The fraction of sp³-hybridized carbons (Fsp3) is 0.150. The Hall–Kier alpha value is -3.69. The topological polar surface area (TPSA) is 81.7 Å². The van der Waals surface area contributed by atoms with Crippen molar-refractivity contribution in [2.24, 2.45) is 0 Å². The van der Waals surface area contributed by atoms with Gasteiger partial charge >= 0.3 is 6.18 Å². The Bertz CT molecular complexity index is 1210. The number of anilines is 3. The monoisotopic (exact) mass is 416 g/mol. The number of nitrogens with two attached hydrogens (primary N) is 1. The predicted octanol–water partition coefficient (Wildman–Crippen LogP) is 4.86. The number of aromatic nitrogens is 4. The van der Waals surface area contributed by atoms with E-state index in [-0.39, 0.29) is 17.6 Å². The molecule has 0 spiro atoms. The summed E-state index contributed by atoms with van der Waals surface area (Å²) in [5.41, 5.74) is 6.62. The van der Waals surface area contributed by atoms with Crippen molar-refractivity contribution in [3.05, 3.63) is 65.7 Å². The second kappa shape index (κ2) is 7.29. The molecule has 154 valence electrons. The van der Waals surface area contributed by atoms with Gasteiger partial charge in [-0.1, -0.05) is 6.92 Å². The summed E-state index contributed by atoms with van der Waals surface area (Å²) in [6.45, 7) is 1.89. The Morgan fingerprint density at radius 2 is 1.73 bits per heavy atom. The van der Waals surface area contributed by atoms with Gasteiger partial charge in [0, 0.05) is 24.2 Å². The maximum atomic E-state index is 13.8. The lowest BCUT2D eigenvalue weighted by molar-refractivity contribution is -0.137. The molecule has 4 aromatic rings. The van der Waals surface area contributed by atoms with Gasteiger partial charge < -0.3 is 11.1 Å². The molecule has 3 N–H and O–H groups in total. The van der Waals surface area contributed by atoms with Crippen LogP contribution in [0, 0.1) is 5.82 Å². The van der Waals surface area contributed by atoms with Gasteiger partial charge in [-0.2, -0.15) is 23.1 Å². The molecule has 0 aliphatic carbocycles. The van der Waals surface area contributed by atoms with Gasteiger partial charge in [0.1, 0.15) is 23.3 Å². The van der Waals surface area contributed by atoms with E-state index in [2.05, 4.69) is 20.3 Å². The molecule has 2 aromatic carbocycles. The average Bonchev–Trinajstić information content (AvgIpc) is 3.05. The van der Waals surface area contributed by atoms with Crippen LogP contribution in [0.4, 0.5) is 34.9 Å². The molecule has 0 amide bonds. The predicted molar refractivity (Wildman–Crippen MR) is 105 cm³/mol. The van der Waals surface area contributed by atoms with E-state index >= 15 is 0 Å². The molecule has 0 saturated carbocycles. The van der Waals surface area contributed by atoms with E-state index in [9.17, 15) is 17.6 Å². The van der Waals surface area contributed by atoms with Crippen LogP contribution in [0.5, 0.6) is 0 Å². The molecule has 0 saturated heterocycles. The first-order valence-corrected chi connectivity index (χ1v) is 9.00. The third-order valence-corrected chi connectivity index (χ3v) is 4.42. The second-order valence-electron chi connectivity index (χ2n) is 6.53. The molecule has 0 aliphatic rings. The van der Waals surface area contributed by atoms with E-state index in [1.807, 2.05) is 6.92 Å². The lowest BCUT2D eigenvalue weighted by Gasteiger charge is -2.12. The Kier molecular flexibility index (Phi) is 4.76. The molecule has 0 unspecified atom stereocenters. The number of rotatable bonds is 4. The Labute approximate surface area is 168 Å². The van der Waals surface area contributed by atoms with Gasteiger partial charge in [0.25, 0.3) is 0 Å². The van der Waals surface area contributed by atoms with E-state index in [4.69, 9.17) is 5.73 Å². The first-order valence-electron chi connectivity index (χ1n) is 9.00. The summed E-state index contributed by atoms with van der Waals surface area (Å²) in [6, 6.07) is 10.2. The van der Waals surface area contributed by atoms with Crippen molar-refractivity contribution in [1.82, 2.24) is 19.5 Å². The number of hydrogen-bond donors (Lipinski definition) is 2. The van der Waals surface area contributed by atoms with Crippen molar-refractivity contribution in [3.8, 4) is 5.95 Å². The number of alkyl halides is 3. The molecular formula is C20H16F4N6. The van der Waals surface area contributed by atoms with Gasteiger partial charge in [-0.05, 0) is 36.4 Å². The largest absolute Gasteiger partial charge is 0.416 e. The SMILES string of the molecule is CCc1nc2ccc(F)cc2n1-c1nc(N)cc(Nc2ccc(C(F)(F)F)cc2)n1. The van der Waals surface area contributed by atoms with Gasteiger partial charge in [-0.25, -0.2) is 9.37 Å². The zero-order chi connectivity index (χ0) is 21.5. The first-order chi connectivity index (χ1) is 14.2. The molecule has 10 heteroatoms. The Morgan fingerprint density at radius 1 is 1.00 bits per heavy atom. The molecule has 0 bridgehead atoms. The molecule has 6 nitrogen and oxygen atoms in total. The van der Waals surface area contributed by atoms with Gasteiger partial charge in [0.05, 0.1) is 16.6 Å². The standard InChI is InChI=1S/C20H16F4N6/c1-2-18-27-14-8-5-12(21)9-15(14)30(18)19-28-16(25)10-17(29-19)26-13-6-3-11(4-7-13)20(22,23)24/h3-10H,2H2,1H3,(H3,25,26,28,29). The van der Waals surface area contributed by atoms with E-state index in [0.717, 1.165) is 12.1 Å². The first kappa shape index (κ1) is 19.6. The number of nitrogens with zero attached hydrogens (tertiary/aromatic N) is 4. The fourth-order valence-electron chi connectivity index (χ4n) is 3.07. The quantitative estimate of drug-likeness (QED) is 0.464. The number of aryl methyl sites for hydroxylation is 1. The maximum absolute atomic E-state index is 13.8. The molecule has 4 rings (SSSR count). The normalized spacial score (nSPS) is 11.8. The average molecular weight is 416 g/mol. The summed E-state index contributed by atoms with van der Waals surface area (Å²) < 4.78 is 53.6. The lowest BCUT2D eigenvalue weighted by Crippen LogP contribution is -2.09. The van der Waals surface area contributed by atoms with Crippen LogP contribution >= 0.6 is 0 Å². The number of benzene rings is 2. The van der Waals surface area contributed by atoms with Crippen LogP contribution in [0.2, 0.25) is 0 Å². The molecule has 0 radical (unpaired) electrons. The van der Waals surface area contributed by atoms with Gasteiger partial charge in [0.2, 0.25) is 5.95 Å². The Morgan fingerprint density at radius 3 is 2.40 bits per heavy atom. The van der Waals surface area contributed by atoms with Crippen molar-refractivity contribution in [2.45, 2.75) is 19.5 Å². The van der Waals surface area contributed by atoms with Crippen LogP contribution in [0.25, 0.3) is 17.0 Å². The van der Waals surface area contributed by atoms with Crippen molar-refractivity contribution in [3.63, 3.8) is 0 Å². The molecule has 0 aliphatic heterocycles. The highest BCUT2D eigenvalue weighted by atomic mass is 19.4. The van der Waals surface area contributed by atoms with Crippen LogP contribution in [0.3, 0.4) is 0 Å². The highest BCUT2D eigenvalue weighted by Crippen LogP contribution is 2.30. The minimum Gasteiger partial charge on any atom is -0.383 e. The van der Waals surface area contributed by atoms with Crippen molar-refractivity contribution in [2.75, 3.05) is 11.1 Å². The molecule has 0 fully saturated rings. The van der Waals surface area contributed by atoms with Crippen molar-refractivity contribution < 1.29 is 17.6 Å². The molecule has 30 heavy (non-hydrogen) atoms. The second-order valence-corrected chi connectivity index (χ2v) is 6.53. The molecular weight excluding hydrogens is 400 g/mol. The zero-order valence-electron chi connectivity index (χ0n) is 15.7. The lowest BCUT2D eigenvalue weighted by atomic mass is 10.2. The van der Waals surface area contributed by atoms with Crippen LogP contribution in [0.15, 0.2) is 48.5 Å². The number of fused-ring (bicyclic) bond motifs is 1. The number of hydrogen-bond acceptors (Lipinski definition) is 5. The number of imidazole rings is 1. The molecule has 2 aromatic heterocycles.